The van der Waals surface area contributed by atoms with Crippen molar-refractivity contribution in [2.75, 3.05) is 0 Å². The molecule has 0 amide bonds. The number of aromatic nitrogens is 3. The molecule has 2 N–H and O–H groups in total. The number of aryl methyl sites for hydroxylation is 1. The zero-order chi connectivity index (χ0) is 11.4. The molecule has 0 fully saturated rings. The number of carboxylic acid groups (broad SMARTS) is 1. The Morgan fingerprint density at radius 1 is 1.31 bits per heavy atom. The third-order valence-corrected chi connectivity index (χ3v) is 2.14. The summed E-state index contributed by atoms with van der Waals surface area (Å²) < 4.78 is 0. The van der Waals surface area contributed by atoms with Crippen molar-refractivity contribution < 1.29 is 9.90 Å². The summed E-state index contributed by atoms with van der Waals surface area (Å²) >= 11 is 0. The number of hydrogen-bond acceptors (Lipinski definition) is 3. The zero-order valence-corrected chi connectivity index (χ0v) is 8.55. The van der Waals surface area contributed by atoms with Gasteiger partial charge in [-0.2, -0.15) is 5.10 Å². The molecule has 0 spiro atoms. The van der Waals surface area contributed by atoms with Crippen molar-refractivity contribution >= 4 is 5.97 Å². The van der Waals surface area contributed by atoms with E-state index in [9.17, 15) is 4.79 Å². The predicted octanol–water partition coefficient (Wildman–Crippen LogP) is 1.49. The summed E-state index contributed by atoms with van der Waals surface area (Å²) in [4.78, 5) is 14.6. The molecular weight excluding hydrogens is 206 g/mol. The van der Waals surface area contributed by atoms with Crippen molar-refractivity contribution in [3.63, 3.8) is 0 Å². The Morgan fingerprint density at radius 3 is 2.75 bits per heavy atom. The largest absolute Gasteiger partial charge is 0.481 e. The number of carboxylic acids is 1. The van der Waals surface area contributed by atoms with E-state index in [2.05, 4.69) is 15.2 Å². The molecule has 0 aliphatic rings. The van der Waals surface area contributed by atoms with Gasteiger partial charge in [-0.3, -0.25) is 9.89 Å². The lowest BCUT2D eigenvalue weighted by Crippen LogP contribution is -1.98. The Bertz CT molecular complexity index is 479. The number of aliphatic carboxylic acids is 1. The number of hydrogen-bond donors (Lipinski definition) is 2. The van der Waals surface area contributed by atoms with Gasteiger partial charge in [0.2, 0.25) is 0 Å². The second-order valence-corrected chi connectivity index (χ2v) is 3.37. The van der Waals surface area contributed by atoms with E-state index in [1.165, 1.54) is 0 Å². The molecule has 82 valence electrons. The topological polar surface area (TPSA) is 78.9 Å². The van der Waals surface area contributed by atoms with Crippen LogP contribution in [0.2, 0.25) is 0 Å². The standard InChI is InChI=1S/C11H11N3O2/c15-10(16)7-6-9-12-11(14-13-9)8-4-2-1-3-5-8/h1-5H,6-7H2,(H,15,16)(H,12,13,14). The molecule has 0 saturated heterocycles. The number of benzene rings is 1. The highest BCUT2D eigenvalue weighted by atomic mass is 16.4. The first-order valence-corrected chi connectivity index (χ1v) is 4.94. The van der Waals surface area contributed by atoms with Gasteiger partial charge in [-0.15, -0.1) is 0 Å². The van der Waals surface area contributed by atoms with Crippen LogP contribution in [-0.2, 0) is 11.2 Å². The third kappa shape index (κ3) is 2.44. The van der Waals surface area contributed by atoms with E-state index in [4.69, 9.17) is 5.11 Å². The first-order valence-electron chi connectivity index (χ1n) is 4.94. The summed E-state index contributed by atoms with van der Waals surface area (Å²) in [7, 11) is 0. The van der Waals surface area contributed by atoms with Gasteiger partial charge in [0.15, 0.2) is 5.82 Å². The fraction of sp³-hybridized carbons (Fsp3) is 0.182. The summed E-state index contributed by atoms with van der Waals surface area (Å²) in [5, 5.41) is 15.3. The van der Waals surface area contributed by atoms with E-state index in [-0.39, 0.29) is 6.42 Å². The quantitative estimate of drug-likeness (QED) is 0.813. The minimum absolute atomic E-state index is 0.0590. The molecule has 5 nitrogen and oxygen atoms in total. The minimum atomic E-state index is -0.835. The van der Waals surface area contributed by atoms with Gasteiger partial charge in [0.25, 0.3) is 0 Å². The van der Waals surface area contributed by atoms with Crippen LogP contribution >= 0.6 is 0 Å². The molecule has 1 aromatic heterocycles. The molecule has 0 saturated carbocycles. The first-order chi connectivity index (χ1) is 7.75. The highest BCUT2D eigenvalue weighted by Crippen LogP contribution is 2.13. The van der Waals surface area contributed by atoms with E-state index in [1.807, 2.05) is 30.3 Å². The number of rotatable bonds is 4. The molecule has 16 heavy (non-hydrogen) atoms. The Balaban J connectivity index is 2.11. The van der Waals surface area contributed by atoms with E-state index in [1.54, 1.807) is 0 Å². The maximum atomic E-state index is 10.4. The van der Waals surface area contributed by atoms with Gasteiger partial charge >= 0.3 is 5.97 Å². The van der Waals surface area contributed by atoms with Crippen molar-refractivity contribution in [3.05, 3.63) is 36.2 Å². The Labute approximate surface area is 92.2 Å². The molecule has 1 heterocycles. The molecule has 0 unspecified atom stereocenters. The highest BCUT2D eigenvalue weighted by Gasteiger charge is 2.06. The van der Waals surface area contributed by atoms with Crippen LogP contribution < -0.4 is 0 Å². The number of nitrogens with one attached hydrogen (secondary N) is 1. The van der Waals surface area contributed by atoms with Gasteiger partial charge < -0.3 is 5.11 Å². The normalized spacial score (nSPS) is 10.2. The Morgan fingerprint density at radius 2 is 2.06 bits per heavy atom. The van der Waals surface area contributed by atoms with Crippen LogP contribution in [0.4, 0.5) is 0 Å². The lowest BCUT2D eigenvalue weighted by molar-refractivity contribution is -0.137. The maximum absolute atomic E-state index is 10.4. The van der Waals surface area contributed by atoms with Crippen LogP contribution in [-0.4, -0.2) is 26.3 Å². The van der Waals surface area contributed by atoms with E-state index >= 15 is 0 Å². The van der Waals surface area contributed by atoms with Crippen molar-refractivity contribution in [1.82, 2.24) is 15.2 Å². The van der Waals surface area contributed by atoms with E-state index in [0.29, 0.717) is 18.1 Å². The van der Waals surface area contributed by atoms with Gasteiger partial charge in [-0.25, -0.2) is 4.98 Å². The Kier molecular flexibility index (Phi) is 2.95. The van der Waals surface area contributed by atoms with Crippen molar-refractivity contribution in [3.8, 4) is 11.4 Å². The average molecular weight is 217 g/mol. The average Bonchev–Trinajstić information content (AvgIpc) is 2.76. The second kappa shape index (κ2) is 4.57. The summed E-state index contributed by atoms with van der Waals surface area (Å²) in [5.74, 6) is 0.361. The fourth-order valence-corrected chi connectivity index (χ4v) is 1.35. The number of aromatic amines is 1. The summed E-state index contributed by atoms with van der Waals surface area (Å²) in [6, 6.07) is 9.54. The highest BCUT2D eigenvalue weighted by molar-refractivity contribution is 5.66. The van der Waals surface area contributed by atoms with E-state index in [0.717, 1.165) is 5.56 Å². The lowest BCUT2D eigenvalue weighted by atomic mass is 10.2. The van der Waals surface area contributed by atoms with Crippen LogP contribution in [0.25, 0.3) is 11.4 Å². The van der Waals surface area contributed by atoms with Gasteiger partial charge in [-0.05, 0) is 0 Å². The molecule has 0 radical (unpaired) electrons. The summed E-state index contributed by atoms with van der Waals surface area (Å²) in [5.41, 5.74) is 0.917. The second-order valence-electron chi connectivity index (χ2n) is 3.37. The third-order valence-electron chi connectivity index (χ3n) is 2.14. The van der Waals surface area contributed by atoms with Crippen molar-refractivity contribution in [2.45, 2.75) is 12.8 Å². The lowest BCUT2D eigenvalue weighted by Gasteiger charge is -1.92. The fourth-order valence-electron chi connectivity index (χ4n) is 1.35. The van der Waals surface area contributed by atoms with Crippen LogP contribution in [0.3, 0.4) is 0 Å². The number of H-pyrrole nitrogens is 1. The van der Waals surface area contributed by atoms with Crippen LogP contribution in [0.15, 0.2) is 30.3 Å². The van der Waals surface area contributed by atoms with Gasteiger partial charge in [0.05, 0.1) is 6.42 Å². The van der Waals surface area contributed by atoms with Crippen LogP contribution in [0, 0.1) is 0 Å². The predicted molar refractivity (Wildman–Crippen MR) is 57.8 cm³/mol. The summed E-state index contributed by atoms with van der Waals surface area (Å²) in [6.07, 6.45) is 0.429. The smallest absolute Gasteiger partial charge is 0.303 e. The van der Waals surface area contributed by atoms with Gasteiger partial charge in [0.1, 0.15) is 5.82 Å². The molecule has 2 rings (SSSR count). The summed E-state index contributed by atoms with van der Waals surface area (Å²) in [6.45, 7) is 0. The van der Waals surface area contributed by atoms with Crippen LogP contribution in [0.5, 0.6) is 0 Å². The molecule has 0 aliphatic carbocycles. The number of nitrogens with zero attached hydrogens (tertiary/aromatic N) is 2. The zero-order valence-electron chi connectivity index (χ0n) is 8.55. The number of carbonyl (C=O) groups is 1. The Hall–Kier alpha value is -2.17. The monoisotopic (exact) mass is 217 g/mol. The minimum Gasteiger partial charge on any atom is -0.481 e. The van der Waals surface area contributed by atoms with Gasteiger partial charge in [-0.1, -0.05) is 30.3 Å². The first kappa shape index (κ1) is 10.4. The van der Waals surface area contributed by atoms with Crippen molar-refractivity contribution in [1.29, 1.82) is 0 Å². The molecule has 0 bridgehead atoms. The molecule has 2 aromatic rings. The van der Waals surface area contributed by atoms with Crippen LogP contribution in [0.1, 0.15) is 12.2 Å². The molecule has 5 heteroatoms. The molecule has 0 aliphatic heterocycles. The van der Waals surface area contributed by atoms with E-state index < -0.39 is 5.97 Å². The van der Waals surface area contributed by atoms with Gasteiger partial charge in [0, 0.05) is 12.0 Å². The maximum Gasteiger partial charge on any atom is 0.303 e. The molecule has 0 atom stereocenters. The molecule has 1 aromatic carbocycles. The van der Waals surface area contributed by atoms with Crippen molar-refractivity contribution in [2.24, 2.45) is 0 Å². The molecular formula is C11H11N3O2. The SMILES string of the molecule is O=C(O)CCc1nc(-c2ccccc2)n[nH]1.